The molecule has 0 saturated heterocycles. The monoisotopic (exact) mass is 386 g/mol. The molecule has 0 atom stereocenters. The normalized spacial score (nSPS) is 13.1. The molecule has 0 aliphatic carbocycles. The van der Waals surface area contributed by atoms with Crippen molar-refractivity contribution in [1.29, 1.82) is 0 Å². The van der Waals surface area contributed by atoms with Crippen molar-refractivity contribution in [3.8, 4) is 0 Å². The number of anilines is 1. The molecule has 0 fully saturated rings. The maximum absolute atomic E-state index is 12.6. The first-order valence-electron chi connectivity index (χ1n) is 8.86. The Labute approximate surface area is 162 Å². The molecule has 7 heteroatoms. The maximum Gasteiger partial charge on any atom is 0.341 e. The summed E-state index contributed by atoms with van der Waals surface area (Å²) in [5.41, 5.74) is 2.87. The van der Waals surface area contributed by atoms with Crippen LogP contribution in [-0.4, -0.2) is 35.8 Å². The van der Waals surface area contributed by atoms with Gasteiger partial charge >= 0.3 is 5.97 Å². The van der Waals surface area contributed by atoms with E-state index in [4.69, 9.17) is 4.74 Å². The minimum absolute atomic E-state index is 0.00280. The van der Waals surface area contributed by atoms with E-state index in [2.05, 4.69) is 5.32 Å². The Morgan fingerprint density at radius 2 is 1.93 bits per heavy atom. The van der Waals surface area contributed by atoms with Gasteiger partial charge in [-0.3, -0.25) is 9.59 Å². The van der Waals surface area contributed by atoms with Crippen LogP contribution in [0.4, 0.5) is 5.00 Å². The van der Waals surface area contributed by atoms with Gasteiger partial charge in [-0.05, 0) is 38.0 Å². The van der Waals surface area contributed by atoms with Crippen LogP contribution < -0.4 is 5.32 Å². The van der Waals surface area contributed by atoms with Crippen LogP contribution in [0.3, 0.4) is 0 Å². The highest BCUT2D eigenvalue weighted by atomic mass is 32.1. The zero-order valence-electron chi connectivity index (χ0n) is 15.6. The Bertz CT molecular complexity index is 886. The number of esters is 1. The van der Waals surface area contributed by atoms with Crippen molar-refractivity contribution < 1.29 is 19.1 Å². The van der Waals surface area contributed by atoms with Gasteiger partial charge in [0.25, 0.3) is 5.91 Å². The van der Waals surface area contributed by atoms with E-state index in [9.17, 15) is 14.4 Å². The second-order valence-electron chi connectivity index (χ2n) is 6.44. The van der Waals surface area contributed by atoms with E-state index in [1.807, 2.05) is 19.1 Å². The third-order valence-corrected chi connectivity index (χ3v) is 5.65. The molecule has 1 aliphatic heterocycles. The van der Waals surface area contributed by atoms with Crippen molar-refractivity contribution in [2.45, 2.75) is 33.7 Å². The Hall–Kier alpha value is -2.67. The van der Waals surface area contributed by atoms with Gasteiger partial charge in [0.1, 0.15) is 5.00 Å². The predicted molar refractivity (Wildman–Crippen MR) is 104 cm³/mol. The molecular formula is C20H22N2O4S. The van der Waals surface area contributed by atoms with E-state index in [0.29, 0.717) is 35.6 Å². The second kappa shape index (κ2) is 7.92. The first-order valence-corrected chi connectivity index (χ1v) is 9.67. The van der Waals surface area contributed by atoms with Gasteiger partial charge in [0.05, 0.1) is 18.7 Å². The Morgan fingerprint density at radius 3 is 2.56 bits per heavy atom. The van der Waals surface area contributed by atoms with E-state index in [-0.39, 0.29) is 18.4 Å². The van der Waals surface area contributed by atoms with Crippen molar-refractivity contribution in [2.75, 3.05) is 18.5 Å². The first kappa shape index (κ1) is 19.1. The molecule has 2 amide bonds. The number of fused-ring (bicyclic) bond motifs is 1. The summed E-state index contributed by atoms with van der Waals surface area (Å²) in [5, 5.41) is 3.34. The highest BCUT2D eigenvalue weighted by Crippen LogP contribution is 2.38. The second-order valence-corrected chi connectivity index (χ2v) is 7.54. The predicted octanol–water partition coefficient (Wildman–Crippen LogP) is 3.39. The van der Waals surface area contributed by atoms with Gasteiger partial charge in [-0.25, -0.2) is 4.79 Å². The molecule has 0 saturated carbocycles. The SMILES string of the molecule is CCOC(=O)c1c(NC(=O)c2ccc(C)cc2)sc2c1CCN(C(C)=O)C2. The van der Waals surface area contributed by atoms with Crippen molar-refractivity contribution in [3.63, 3.8) is 0 Å². The first-order chi connectivity index (χ1) is 12.9. The van der Waals surface area contributed by atoms with Gasteiger partial charge in [0.15, 0.2) is 0 Å². The number of carbonyl (C=O) groups is 3. The zero-order valence-corrected chi connectivity index (χ0v) is 16.4. The average molecular weight is 386 g/mol. The molecular weight excluding hydrogens is 364 g/mol. The number of hydrogen-bond acceptors (Lipinski definition) is 5. The molecule has 3 rings (SSSR count). The summed E-state index contributed by atoms with van der Waals surface area (Å²) >= 11 is 1.34. The topological polar surface area (TPSA) is 75.7 Å². The van der Waals surface area contributed by atoms with E-state index in [0.717, 1.165) is 16.0 Å². The smallest absolute Gasteiger partial charge is 0.341 e. The number of rotatable bonds is 4. The number of amides is 2. The molecule has 1 aliphatic rings. The number of nitrogens with zero attached hydrogens (tertiary/aromatic N) is 1. The Morgan fingerprint density at radius 1 is 1.22 bits per heavy atom. The fourth-order valence-corrected chi connectivity index (χ4v) is 4.31. The minimum atomic E-state index is -0.439. The standard InChI is InChI=1S/C20H22N2O4S/c1-4-26-20(25)17-15-9-10-22(13(3)23)11-16(15)27-19(17)21-18(24)14-7-5-12(2)6-8-14/h5-8H,4,9-11H2,1-3H3,(H,21,24). The molecule has 0 bridgehead atoms. The lowest BCUT2D eigenvalue weighted by Gasteiger charge is -2.25. The van der Waals surface area contributed by atoms with Crippen molar-refractivity contribution in [3.05, 3.63) is 51.4 Å². The van der Waals surface area contributed by atoms with Crippen LogP contribution >= 0.6 is 11.3 Å². The lowest BCUT2D eigenvalue weighted by atomic mass is 10.0. The van der Waals surface area contributed by atoms with Crippen LogP contribution in [0, 0.1) is 6.92 Å². The quantitative estimate of drug-likeness (QED) is 0.818. The van der Waals surface area contributed by atoms with Crippen LogP contribution in [0.25, 0.3) is 0 Å². The third-order valence-electron chi connectivity index (χ3n) is 4.52. The van der Waals surface area contributed by atoms with E-state index >= 15 is 0 Å². The van der Waals surface area contributed by atoms with Crippen LogP contribution in [-0.2, 0) is 22.5 Å². The van der Waals surface area contributed by atoms with Crippen LogP contribution in [0.2, 0.25) is 0 Å². The molecule has 2 aromatic rings. The summed E-state index contributed by atoms with van der Waals surface area (Å²) in [5.74, 6) is -0.718. The lowest BCUT2D eigenvalue weighted by Crippen LogP contribution is -2.34. The van der Waals surface area contributed by atoms with Gasteiger partial charge in [-0.15, -0.1) is 11.3 Å². The molecule has 1 aromatic heterocycles. The molecule has 2 heterocycles. The highest BCUT2D eigenvalue weighted by Gasteiger charge is 2.30. The van der Waals surface area contributed by atoms with Gasteiger partial charge in [0, 0.05) is 23.9 Å². The average Bonchev–Trinajstić information content (AvgIpc) is 2.99. The number of hydrogen-bond donors (Lipinski definition) is 1. The van der Waals surface area contributed by atoms with Crippen LogP contribution in [0.1, 0.15) is 50.6 Å². The molecule has 142 valence electrons. The number of aryl methyl sites for hydroxylation is 1. The highest BCUT2D eigenvalue weighted by molar-refractivity contribution is 7.17. The van der Waals surface area contributed by atoms with Crippen molar-refractivity contribution in [1.82, 2.24) is 4.90 Å². The largest absolute Gasteiger partial charge is 0.462 e. The molecule has 0 unspecified atom stereocenters. The van der Waals surface area contributed by atoms with E-state index in [1.165, 1.54) is 18.3 Å². The number of thiophene rings is 1. The number of benzene rings is 1. The van der Waals surface area contributed by atoms with Crippen molar-refractivity contribution in [2.24, 2.45) is 0 Å². The summed E-state index contributed by atoms with van der Waals surface area (Å²) < 4.78 is 5.21. The fourth-order valence-electron chi connectivity index (χ4n) is 3.06. The van der Waals surface area contributed by atoms with E-state index < -0.39 is 5.97 Å². The van der Waals surface area contributed by atoms with Gasteiger partial charge < -0.3 is 15.0 Å². The number of ether oxygens (including phenoxy) is 1. The summed E-state index contributed by atoms with van der Waals surface area (Å²) in [6, 6.07) is 7.23. The number of carbonyl (C=O) groups excluding carboxylic acids is 3. The molecule has 0 spiro atoms. The minimum Gasteiger partial charge on any atom is -0.462 e. The molecule has 1 aromatic carbocycles. The van der Waals surface area contributed by atoms with Gasteiger partial charge in [-0.2, -0.15) is 0 Å². The Kier molecular flexibility index (Phi) is 5.60. The number of nitrogens with one attached hydrogen (secondary N) is 1. The zero-order chi connectivity index (χ0) is 19.6. The van der Waals surface area contributed by atoms with E-state index in [1.54, 1.807) is 24.0 Å². The third kappa shape index (κ3) is 4.03. The summed E-state index contributed by atoms with van der Waals surface area (Å²) in [4.78, 5) is 39.5. The van der Waals surface area contributed by atoms with Gasteiger partial charge in [0.2, 0.25) is 5.91 Å². The Balaban J connectivity index is 1.93. The fraction of sp³-hybridized carbons (Fsp3) is 0.350. The van der Waals surface area contributed by atoms with Crippen LogP contribution in [0.5, 0.6) is 0 Å². The lowest BCUT2D eigenvalue weighted by molar-refractivity contribution is -0.129. The molecule has 6 nitrogen and oxygen atoms in total. The molecule has 0 radical (unpaired) electrons. The van der Waals surface area contributed by atoms with Crippen molar-refractivity contribution >= 4 is 34.1 Å². The summed E-state index contributed by atoms with van der Waals surface area (Å²) in [6.07, 6.45) is 0.569. The summed E-state index contributed by atoms with van der Waals surface area (Å²) in [6.45, 7) is 6.49. The van der Waals surface area contributed by atoms with Crippen LogP contribution in [0.15, 0.2) is 24.3 Å². The summed E-state index contributed by atoms with van der Waals surface area (Å²) in [7, 11) is 0. The van der Waals surface area contributed by atoms with Gasteiger partial charge in [-0.1, -0.05) is 17.7 Å². The molecule has 27 heavy (non-hydrogen) atoms. The molecule has 1 N–H and O–H groups in total. The maximum atomic E-state index is 12.6.